The van der Waals surface area contributed by atoms with Crippen molar-refractivity contribution in [3.05, 3.63) is 65.0 Å². The van der Waals surface area contributed by atoms with Gasteiger partial charge in [-0.2, -0.15) is 0 Å². The van der Waals surface area contributed by atoms with Crippen LogP contribution in [0, 0.1) is 5.92 Å². The first kappa shape index (κ1) is 29.4. The number of fused-ring (bicyclic) bond motifs is 1. The quantitative estimate of drug-likeness (QED) is 0.219. The summed E-state index contributed by atoms with van der Waals surface area (Å²) in [5, 5.41) is 13.9. The summed E-state index contributed by atoms with van der Waals surface area (Å²) >= 11 is 1.62. The fourth-order valence-electron chi connectivity index (χ4n) is 6.62. The number of hydrogen-bond donors (Lipinski definition) is 1. The highest BCUT2D eigenvalue weighted by atomic mass is 32.1. The van der Waals surface area contributed by atoms with Gasteiger partial charge in [-0.25, -0.2) is 9.78 Å². The average Bonchev–Trinajstić information content (AvgIpc) is 3.64. The van der Waals surface area contributed by atoms with Gasteiger partial charge < -0.3 is 24.2 Å². The Hall–Kier alpha value is -3.69. The van der Waals surface area contributed by atoms with Crippen LogP contribution in [0.1, 0.15) is 66.8 Å². The van der Waals surface area contributed by atoms with Crippen molar-refractivity contribution >= 4 is 44.9 Å². The molecule has 43 heavy (non-hydrogen) atoms. The molecule has 3 heterocycles. The molecule has 1 aliphatic carbocycles. The number of benzene rings is 2. The van der Waals surface area contributed by atoms with Crippen molar-refractivity contribution in [3.8, 4) is 11.4 Å². The molecular weight excluding hydrogens is 560 g/mol. The van der Waals surface area contributed by atoms with Gasteiger partial charge in [0.2, 0.25) is 5.91 Å². The number of nitrogens with zero attached hydrogens (tertiary/aromatic N) is 4. The van der Waals surface area contributed by atoms with Crippen molar-refractivity contribution in [3.63, 3.8) is 0 Å². The first-order chi connectivity index (χ1) is 20.9. The third-order valence-electron chi connectivity index (χ3n) is 8.97. The molecule has 4 aromatic rings. The molecule has 0 radical (unpaired) electrons. The SMILES string of the molecule is CN(C)C(=O)Cn1c(-c2csc(N(CC3CCOCC3)c3ccccc3)n2)c(C2CCCCC2)c2ccc(C(=O)O)cc21. The van der Waals surface area contributed by atoms with Crippen molar-refractivity contribution in [2.45, 2.75) is 57.4 Å². The highest BCUT2D eigenvalue weighted by Gasteiger charge is 2.30. The van der Waals surface area contributed by atoms with E-state index in [1.54, 1.807) is 42.5 Å². The molecule has 2 aromatic carbocycles. The minimum absolute atomic E-state index is 0.0463. The van der Waals surface area contributed by atoms with Crippen LogP contribution < -0.4 is 4.90 Å². The summed E-state index contributed by atoms with van der Waals surface area (Å²) in [6.07, 6.45) is 7.76. The highest BCUT2D eigenvalue weighted by molar-refractivity contribution is 7.14. The number of aromatic nitrogens is 2. The molecule has 0 unspecified atom stereocenters. The molecule has 1 amide bonds. The lowest BCUT2D eigenvalue weighted by molar-refractivity contribution is -0.129. The second-order valence-electron chi connectivity index (χ2n) is 12.0. The number of carbonyl (C=O) groups is 2. The van der Waals surface area contributed by atoms with Crippen molar-refractivity contribution < 1.29 is 19.4 Å². The van der Waals surface area contributed by atoms with Crippen molar-refractivity contribution in [2.24, 2.45) is 5.92 Å². The molecule has 2 fully saturated rings. The number of hydrogen-bond acceptors (Lipinski definition) is 6. The van der Waals surface area contributed by atoms with Gasteiger partial charge in [0.1, 0.15) is 12.2 Å². The predicted molar refractivity (Wildman–Crippen MR) is 172 cm³/mol. The molecule has 2 aromatic heterocycles. The predicted octanol–water partition coefficient (Wildman–Crippen LogP) is 7.16. The lowest BCUT2D eigenvalue weighted by atomic mass is 9.82. The smallest absolute Gasteiger partial charge is 0.335 e. The Kier molecular flexibility index (Phi) is 8.81. The fourth-order valence-corrected chi connectivity index (χ4v) is 7.46. The molecular formula is C34H40N4O4S. The lowest BCUT2D eigenvalue weighted by Gasteiger charge is -2.29. The van der Waals surface area contributed by atoms with Gasteiger partial charge in [0.15, 0.2) is 5.13 Å². The Morgan fingerprint density at radius 1 is 1.02 bits per heavy atom. The number of carbonyl (C=O) groups excluding carboxylic acids is 1. The summed E-state index contributed by atoms with van der Waals surface area (Å²) in [4.78, 5) is 34.4. The Labute approximate surface area is 256 Å². The summed E-state index contributed by atoms with van der Waals surface area (Å²) in [7, 11) is 3.51. The van der Waals surface area contributed by atoms with Gasteiger partial charge in [-0.1, -0.05) is 43.5 Å². The van der Waals surface area contributed by atoms with E-state index in [0.717, 1.165) is 91.4 Å². The summed E-state index contributed by atoms with van der Waals surface area (Å²) in [5.74, 6) is -0.181. The second kappa shape index (κ2) is 12.9. The monoisotopic (exact) mass is 600 g/mol. The summed E-state index contributed by atoms with van der Waals surface area (Å²) in [6.45, 7) is 2.56. The number of aromatic carboxylic acids is 1. The van der Waals surface area contributed by atoms with Crippen LogP contribution >= 0.6 is 11.3 Å². The van der Waals surface area contributed by atoms with E-state index in [9.17, 15) is 14.7 Å². The standard InChI is InChI=1S/C34H40N4O4S/c1-36(2)30(39)21-38-29-19-25(33(40)41)13-14-27(29)31(24-9-5-3-6-10-24)32(38)28-22-43-34(35-28)37(26-11-7-4-8-12-26)20-23-15-17-42-18-16-23/h4,7-8,11-14,19,22-24H,3,5-6,9-10,15-18,20-21H2,1-2H3,(H,40,41). The minimum atomic E-state index is -0.975. The Morgan fingerprint density at radius 2 is 1.77 bits per heavy atom. The molecule has 6 rings (SSSR count). The average molecular weight is 601 g/mol. The van der Waals surface area contributed by atoms with Crippen LogP contribution in [0.4, 0.5) is 10.8 Å². The Morgan fingerprint density at radius 3 is 2.47 bits per heavy atom. The topological polar surface area (TPSA) is 87.9 Å². The van der Waals surface area contributed by atoms with Gasteiger partial charge in [0, 0.05) is 50.3 Å². The van der Waals surface area contributed by atoms with Crippen molar-refractivity contribution in [1.29, 1.82) is 0 Å². The number of para-hydroxylation sites is 1. The Balaban J connectivity index is 1.51. The molecule has 0 spiro atoms. The number of carboxylic acids is 1. The molecule has 2 aliphatic rings. The van der Waals surface area contributed by atoms with E-state index < -0.39 is 5.97 Å². The van der Waals surface area contributed by atoms with E-state index in [2.05, 4.69) is 34.5 Å². The van der Waals surface area contributed by atoms with Crippen LogP contribution in [0.2, 0.25) is 0 Å². The number of rotatable bonds is 9. The van der Waals surface area contributed by atoms with Crippen LogP contribution in [0.25, 0.3) is 22.3 Å². The molecule has 1 aliphatic heterocycles. The number of amides is 1. The maximum atomic E-state index is 13.2. The first-order valence-corrected chi connectivity index (χ1v) is 16.2. The van der Waals surface area contributed by atoms with Gasteiger partial charge in [-0.05, 0) is 67.3 Å². The first-order valence-electron chi connectivity index (χ1n) is 15.4. The van der Waals surface area contributed by atoms with Crippen LogP contribution in [-0.4, -0.2) is 65.3 Å². The maximum Gasteiger partial charge on any atom is 0.335 e. The fraction of sp³-hybridized carbons (Fsp3) is 0.441. The van der Waals surface area contributed by atoms with E-state index in [1.807, 2.05) is 16.7 Å². The number of anilines is 2. The molecule has 1 saturated carbocycles. The molecule has 226 valence electrons. The highest BCUT2D eigenvalue weighted by Crippen LogP contribution is 2.45. The largest absolute Gasteiger partial charge is 0.478 e. The van der Waals surface area contributed by atoms with Crippen LogP contribution in [-0.2, 0) is 16.1 Å². The van der Waals surface area contributed by atoms with E-state index in [0.29, 0.717) is 11.8 Å². The Bertz CT molecular complexity index is 1580. The number of ether oxygens (including phenoxy) is 1. The molecule has 1 N–H and O–H groups in total. The van der Waals surface area contributed by atoms with E-state index in [1.165, 1.54) is 12.0 Å². The zero-order valence-electron chi connectivity index (χ0n) is 25.0. The molecule has 9 heteroatoms. The van der Waals surface area contributed by atoms with E-state index in [-0.39, 0.29) is 18.0 Å². The van der Waals surface area contributed by atoms with E-state index in [4.69, 9.17) is 9.72 Å². The second-order valence-corrected chi connectivity index (χ2v) is 12.9. The lowest BCUT2D eigenvalue weighted by Crippen LogP contribution is -2.29. The number of thiazole rings is 1. The molecule has 8 nitrogen and oxygen atoms in total. The zero-order valence-corrected chi connectivity index (χ0v) is 25.8. The minimum Gasteiger partial charge on any atom is -0.478 e. The van der Waals surface area contributed by atoms with Gasteiger partial charge in [0.25, 0.3) is 0 Å². The summed E-state index contributed by atoms with van der Waals surface area (Å²) < 4.78 is 7.66. The number of carboxylic acid groups (broad SMARTS) is 1. The number of likely N-dealkylation sites (N-methyl/N-ethyl adjacent to an activating group) is 1. The van der Waals surface area contributed by atoms with Gasteiger partial charge >= 0.3 is 5.97 Å². The zero-order chi connectivity index (χ0) is 29.9. The van der Waals surface area contributed by atoms with Crippen LogP contribution in [0.5, 0.6) is 0 Å². The van der Waals surface area contributed by atoms with Crippen molar-refractivity contribution in [2.75, 3.05) is 38.8 Å². The van der Waals surface area contributed by atoms with Crippen LogP contribution in [0.3, 0.4) is 0 Å². The third kappa shape index (κ3) is 6.19. The van der Waals surface area contributed by atoms with Crippen LogP contribution in [0.15, 0.2) is 53.9 Å². The maximum absolute atomic E-state index is 13.2. The molecule has 1 saturated heterocycles. The third-order valence-corrected chi connectivity index (χ3v) is 9.83. The van der Waals surface area contributed by atoms with Crippen molar-refractivity contribution in [1.82, 2.24) is 14.5 Å². The summed E-state index contributed by atoms with van der Waals surface area (Å²) in [5.41, 5.74) is 5.09. The van der Waals surface area contributed by atoms with Gasteiger partial charge in [-0.15, -0.1) is 11.3 Å². The van der Waals surface area contributed by atoms with Gasteiger partial charge in [-0.3, -0.25) is 4.79 Å². The van der Waals surface area contributed by atoms with Gasteiger partial charge in [0.05, 0.1) is 16.8 Å². The normalized spacial score (nSPS) is 16.4. The molecule has 0 bridgehead atoms. The molecule has 0 atom stereocenters. The van der Waals surface area contributed by atoms with E-state index >= 15 is 0 Å². The summed E-state index contributed by atoms with van der Waals surface area (Å²) in [6, 6.07) is 15.8.